The van der Waals surface area contributed by atoms with Gasteiger partial charge in [-0.1, -0.05) is 12.1 Å². The number of sulfonamides is 1. The van der Waals surface area contributed by atoms with Crippen LogP contribution in [0.2, 0.25) is 0 Å². The lowest BCUT2D eigenvalue weighted by atomic mass is 10.1. The molecule has 2 aromatic carbocycles. The molecule has 0 spiro atoms. The predicted molar refractivity (Wildman–Crippen MR) is 113 cm³/mol. The first kappa shape index (κ1) is 20.9. The number of ether oxygens (including phenoxy) is 2. The van der Waals surface area contributed by atoms with E-state index >= 15 is 0 Å². The fourth-order valence-electron chi connectivity index (χ4n) is 2.73. The smallest absolute Gasteiger partial charge is 0.349 e. The second kappa shape index (κ2) is 8.67. The number of aryl methyl sites for hydroxylation is 2. The summed E-state index contributed by atoms with van der Waals surface area (Å²) in [6, 6.07) is 15.3. The van der Waals surface area contributed by atoms with Crippen molar-refractivity contribution in [3.05, 3.63) is 71.1 Å². The third-order valence-electron chi connectivity index (χ3n) is 4.09. The Labute approximate surface area is 174 Å². The molecule has 6 nitrogen and oxygen atoms in total. The van der Waals surface area contributed by atoms with Gasteiger partial charge in [0.15, 0.2) is 6.61 Å². The molecule has 0 fully saturated rings. The summed E-state index contributed by atoms with van der Waals surface area (Å²) in [5.41, 5.74) is 2.50. The van der Waals surface area contributed by atoms with Crippen molar-refractivity contribution >= 4 is 33.0 Å². The average molecular weight is 432 g/mol. The molecule has 29 heavy (non-hydrogen) atoms. The Hall–Kier alpha value is -2.84. The molecule has 0 atom stereocenters. The number of benzene rings is 2. The van der Waals surface area contributed by atoms with E-state index in [2.05, 4.69) is 0 Å². The molecule has 0 amide bonds. The fraction of sp³-hybridized carbons (Fsp3) is 0.190. The van der Waals surface area contributed by atoms with E-state index in [0.29, 0.717) is 17.2 Å². The van der Waals surface area contributed by atoms with Gasteiger partial charge in [-0.25, -0.2) is 13.2 Å². The molecule has 0 saturated carbocycles. The molecule has 0 aliphatic rings. The summed E-state index contributed by atoms with van der Waals surface area (Å²) in [5.74, 6) is 0.399. The van der Waals surface area contributed by atoms with Crippen LogP contribution < -0.4 is 13.8 Å². The van der Waals surface area contributed by atoms with E-state index in [1.807, 2.05) is 19.9 Å². The molecule has 0 radical (unpaired) electrons. The number of thiophene rings is 1. The Balaban J connectivity index is 1.60. The second-order valence-corrected chi connectivity index (χ2v) is 9.63. The largest absolute Gasteiger partial charge is 0.482 e. The quantitative estimate of drug-likeness (QED) is 0.415. The first-order valence-electron chi connectivity index (χ1n) is 8.80. The maximum absolute atomic E-state index is 12.6. The second-order valence-electron chi connectivity index (χ2n) is 6.48. The summed E-state index contributed by atoms with van der Waals surface area (Å²) in [6.07, 6.45) is 0. The number of carbonyl (C=O) groups is 1. The van der Waals surface area contributed by atoms with E-state index in [4.69, 9.17) is 9.47 Å². The summed E-state index contributed by atoms with van der Waals surface area (Å²) in [4.78, 5) is 12.0. The molecule has 3 rings (SSSR count). The van der Waals surface area contributed by atoms with Gasteiger partial charge >= 0.3 is 5.97 Å². The average Bonchev–Trinajstić information content (AvgIpc) is 3.21. The molecular weight excluding hydrogens is 410 g/mol. The van der Waals surface area contributed by atoms with Crippen molar-refractivity contribution in [2.75, 3.05) is 18.0 Å². The third kappa shape index (κ3) is 5.16. The molecule has 0 unspecified atom stereocenters. The number of hydrogen-bond acceptors (Lipinski definition) is 6. The Morgan fingerprint density at radius 3 is 2.24 bits per heavy atom. The molecule has 3 aromatic rings. The maximum atomic E-state index is 12.6. The zero-order valence-electron chi connectivity index (χ0n) is 16.3. The summed E-state index contributed by atoms with van der Waals surface area (Å²) < 4.78 is 37.3. The first-order valence-corrected chi connectivity index (χ1v) is 11.1. The van der Waals surface area contributed by atoms with Crippen LogP contribution in [0.25, 0.3) is 0 Å². The number of esters is 1. The Morgan fingerprint density at radius 1 is 1.00 bits per heavy atom. The summed E-state index contributed by atoms with van der Waals surface area (Å²) >= 11 is 1.16. The van der Waals surface area contributed by atoms with Crippen molar-refractivity contribution in [3.63, 3.8) is 0 Å². The van der Waals surface area contributed by atoms with E-state index in [0.717, 1.165) is 22.5 Å². The van der Waals surface area contributed by atoms with Crippen LogP contribution in [-0.4, -0.2) is 28.0 Å². The van der Waals surface area contributed by atoms with E-state index in [9.17, 15) is 13.2 Å². The van der Waals surface area contributed by atoms with Gasteiger partial charge in [-0.05, 0) is 72.8 Å². The van der Waals surface area contributed by atoms with Crippen LogP contribution in [0.5, 0.6) is 11.5 Å². The standard InChI is InChI=1S/C21H21NO5S2/c1-15-11-16(2)13-19(12-15)27-20(23)14-26-18-8-6-17(7-9-18)22(3)29(24,25)21-5-4-10-28-21/h4-13H,14H2,1-3H3. The molecule has 0 aliphatic carbocycles. The molecule has 0 saturated heterocycles. The van der Waals surface area contributed by atoms with Crippen LogP contribution >= 0.6 is 11.3 Å². The van der Waals surface area contributed by atoms with Crippen molar-refractivity contribution < 1.29 is 22.7 Å². The van der Waals surface area contributed by atoms with Crippen LogP contribution in [0.1, 0.15) is 11.1 Å². The van der Waals surface area contributed by atoms with Crippen molar-refractivity contribution in [3.8, 4) is 11.5 Å². The van der Waals surface area contributed by atoms with Crippen molar-refractivity contribution in [2.24, 2.45) is 0 Å². The van der Waals surface area contributed by atoms with Gasteiger partial charge in [0.2, 0.25) is 0 Å². The van der Waals surface area contributed by atoms with Gasteiger partial charge in [-0.15, -0.1) is 11.3 Å². The zero-order chi connectivity index (χ0) is 21.0. The summed E-state index contributed by atoms with van der Waals surface area (Å²) in [5, 5.41) is 1.72. The molecule has 0 aliphatic heterocycles. The van der Waals surface area contributed by atoms with Crippen molar-refractivity contribution in [2.45, 2.75) is 18.1 Å². The van der Waals surface area contributed by atoms with E-state index in [1.54, 1.807) is 53.9 Å². The molecule has 1 heterocycles. The highest BCUT2D eigenvalue weighted by Gasteiger charge is 2.22. The number of anilines is 1. The van der Waals surface area contributed by atoms with Gasteiger partial charge in [0.1, 0.15) is 15.7 Å². The van der Waals surface area contributed by atoms with Gasteiger partial charge in [-0.3, -0.25) is 4.31 Å². The Kier molecular flexibility index (Phi) is 6.24. The highest BCUT2D eigenvalue weighted by Crippen LogP contribution is 2.26. The lowest BCUT2D eigenvalue weighted by Crippen LogP contribution is -2.25. The maximum Gasteiger partial charge on any atom is 0.349 e. The molecular formula is C21H21NO5S2. The monoisotopic (exact) mass is 431 g/mol. The van der Waals surface area contributed by atoms with E-state index in [1.165, 1.54) is 11.4 Å². The normalized spacial score (nSPS) is 11.1. The molecule has 0 bridgehead atoms. The number of nitrogens with zero attached hydrogens (tertiary/aromatic N) is 1. The number of hydrogen-bond donors (Lipinski definition) is 0. The van der Waals surface area contributed by atoms with E-state index in [-0.39, 0.29) is 10.8 Å². The number of carbonyl (C=O) groups excluding carboxylic acids is 1. The third-order valence-corrected chi connectivity index (χ3v) is 7.25. The zero-order valence-corrected chi connectivity index (χ0v) is 17.9. The van der Waals surface area contributed by atoms with Gasteiger partial charge in [0.25, 0.3) is 10.0 Å². The van der Waals surface area contributed by atoms with Crippen molar-refractivity contribution in [1.29, 1.82) is 0 Å². The molecule has 152 valence electrons. The van der Waals surface area contributed by atoms with Crippen molar-refractivity contribution in [1.82, 2.24) is 0 Å². The van der Waals surface area contributed by atoms with Crippen LogP contribution in [0.3, 0.4) is 0 Å². The minimum Gasteiger partial charge on any atom is -0.482 e. The number of rotatable bonds is 7. The van der Waals surface area contributed by atoms with Gasteiger partial charge in [0.05, 0.1) is 5.69 Å². The topological polar surface area (TPSA) is 72.9 Å². The highest BCUT2D eigenvalue weighted by molar-refractivity contribution is 7.94. The molecule has 1 aromatic heterocycles. The Morgan fingerprint density at radius 2 is 1.66 bits per heavy atom. The van der Waals surface area contributed by atoms with Gasteiger partial charge in [-0.2, -0.15) is 0 Å². The van der Waals surface area contributed by atoms with Crippen LogP contribution in [0, 0.1) is 13.8 Å². The van der Waals surface area contributed by atoms with Gasteiger partial charge < -0.3 is 9.47 Å². The van der Waals surface area contributed by atoms with Crippen LogP contribution in [0.4, 0.5) is 5.69 Å². The van der Waals surface area contributed by atoms with Crippen LogP contribution in [0.15, 0.2) is 64.2 Å². The minimum absolute atomic E-state index is 0.254. The minimum atomic E-state index is -3.59. The lowest BCUT2D eigenvalue weighted by molar-refractivity contribution is -0.136. The molecule has 8 heteroatoms. The first-order chi connectivity index (χ1) is 13.8. The van der Waals surface area contributed by atoms with Gasteiger partial charge in [0, 0.05) is 7.05 Å². The SMILES string of the molecule is Cc1cc(C)cc(OC(=O)COc2ccc(N(C)S(=O)(=O)c3cccs3)cc2)c1. The predicted octanol–water partition coefficient (Wildman–Crippen LogP) is 4.17. The summed E-state index contributed by atoms with van der Waals surface area (Å²) in [6.45, 7) is 3.60. The highest BCUT2D eigenvalue weighted by atomic mass is 32.2. The fourth-order valence-corrected chi connectivity index (χ4v) is 5.09. The molecule has 0 N–H and O–H groups in total. The summed E-state index contributed by atoms with van der Waals surface area (Å²) in [7, 11) is -2.10. The van der Waals surface area contributed by atoms with E-state index < -0.39 is 16.0 Å². The lowest BCUT2D eigenvalue weighted by Gasteiger charge is -2.18. The van der Waals surface area contributed by atoms with Crippen LogP contribution in [-0.2, 0) is 14.8 Å². The Bertz CT molecular complexity index is 1070.